The molecule has 0 N–H and O–H groups in total. The first-order valence-corrected chi connectivity index (χ1v) is 9.02. The highest BCUT2D eigenvalue weighted by molar-refractivity contribution is 5.77. The summed E-state index contributed by atoms with van der Waals surface area (Å²) < 4.78 is 1.88. The second-order valence-corrected chi connectivity index (χ2v) is 6.15. The molecule has 25 heavy (non-hydrogen) atoms. The minimum absolute atomic E-state index is 0.00977. The minimum atomic E-state index is -0.00977. The largest absolute Gasteiger partial charge is 0.305 e. The molecule has 4 heteroatoms. The van der Waals surface area contributed by atoms with Gasteiger partial charge in [0.1, 0.15) is 5.69 Å². The van der Waals surface area contributed by atoms with Crippen LogP contribution in [-0.2, 0) is 6.54 Å². The number of benzene rings is 2. The molecule has 0 saturated carbocycles. The molecule has 2 aromatic carbocycles. The van der Waals surface area contributed by atoms with Crippen LogP contribution in [0.4, 0.5) is 0 Å². The molecule has 0 atom stereocenters. The van der Waals surface area contributed by atoms with Crippen LogP contribution in [0.2, 0.25) is 0 Å². The van der Waals surface area contributed by atoms with Crippen LogP contribution in [0.25, 0.3) is 22.3 Å². The normalized spacial score (nSPS) is 11.3. The summed E-state index contributed by atoms with van der Waals surface area (Å²) in [5.74, 6) is 0. The minimum Gasteiger partial charge on any atom is -0.305 e. The fourth-order valence-electron chi connectivity index (χ4n) is 3.19. The molecule has 1 heterocycles. The monoisotopic (exact) mass is 335 g/mol. The van der Waals surface area contributed by atoms with Gasteiger partial charge in [0.2, 0.25) is 0 Å². The number of hydrogen-bond donors (Lipinski definition) is 0. The predicted octanol–water partition coefficient (Wildman–Crippen LogP) is 3.80. The summed E-state index contributed by atoms with van der Waals surface area (Å²) in [6.07, 6.45) is 0.948. The average molecular weight is 335 g/mol. The van der Waals surface area contributed by atoms with Gasteiger partial charge in [-0.25, -0.2) is 4.98 Å². The van der Waals surface area contributed by atoms with Crippen LogP contribution in [0.15, 0.2) is 59.4 Å². The molecule has 0 fully saturated rings. The Morgan fingerprint density at radius 2 is 1.64 bits per heavy atom. The molecule has 1 aromatic heterocycles. The number of rotatable bonds is 7. The van der Waals surface area contributed by atoms with Gasteiger partial charge in [-0.3, -0.25) is 4.79 Å². The van der Waals surface area contributed by atoms with Crippen LogP contribution in [0.5, 0.6) is 0 Å². The van der Waals surface area contributed by atoms with Crippen molar-refractivity contribution in [1.82, 2.24) is 14.5 Å². The lowest BCUT2D eigenvalue weighted by Crippen LogP contribution is -2.28. The van der Waals surface area contributed by atoms with E-state index in [0.717, 1.165) is 42.7 Å². The SMILES string of the molecule is CCN(CC)CCCn1c(=O)c(-c2ccccc2)nc2ccccc21. The zero-order chi connectivity index (χ0) is 17.6. The summed E-state index contributed by atoms with van der Waals surface area (Å²) in [6.45, 7) is 8.13. The summed E-state index contributed by atoms with van der Waals surface area (Å²) in [5.41, 5.74) is 3.16. The van der Waals surface area contributed by atoms with Gasteiger partial charge < -0.3 is 9.47 Å². The number of aryl methyl sites for hydroxylation is 1. The highest BCUT2D eigenvalue weighted by atomic mass is 16.1. The van der Waals surface area contributed by atoms with Crippen LogP contribution in [-0.4, -0.2) is 34.1 Å². The Bertz CT molecular complexity index is 883. The fraction of sp³-hybridized carbons (Fsp3) is 0.333. The molecule has 0 aliphatic carbocycles. The lowest BCUT2D eigenvalue weighted by Gasteiger charge is -2.18. The Hall–Kier alpha value is -2.46. The van der Waals surface area contributed by atoms with E-state index in [1.54, 1.807) is 0 Å². The summed E-state index contributed by atoms with van der Waals surface area (Å²) in [6, 6.07) is 17.6. The maximum atomic E-state index is 13.1. The first kappa shape index (κ1) is 17.4. The van der Waals surface area contributed by atoms with Crippen molar-refractivity contribution in [3.05, 3.63) is 65.0 Å². The smallest absolute Gasteiger partial charge is 0.277 e. The Kier molecular flexibility index (Phi) is 5.61. The first-order chi connectivity index (χ1) is 12.2. The second-order valence-electron chi connectivity index (χ2n) is 6.15. The lowest BCUT2D eigenvalue weighted by atomic mass is 10.1. The van der Waals surface area contributed by atoms with Gasteiger partial charge in [-0.2, -0.15) is 0 Å². The van der Waals surface area contributed by atoms with E-state index in [1.807, 2.05) is 59.2 Å². The van der Waals surface area contributed by atoms with E-state index in [0.29, 0.717) is 12.2 Å². The third-order valence-corrected chi connectivity index (χ3v) is 4.65. The summed E-state index contributed by atoms with van der Waals surface area (Å²) >= 11 is 0. The van der Waals surface area contributed by atoms with Gasteiger partial charge in [0.15, 0.2) is 0 Å². The zero-order valence-corrected chi connectivity index (χ0v) is 15.0. The maximum absolute atomic E-state index is 13.1. The van der Waals surface area contributed by atoms with Crippen LogP contribution in [0.3, 0.4) is 0 Å². The van der Waals surface area contributed by atoms with Gasteiger partial charge in [0.25, 0.3) is 5.56 Å². The van der Waals surface area contributed by atoms with E-state index >= 15 is 0 Å². The molecular formula is C21H25N3O. The molecule has 0 amide bonds. The van der Waals surface area contributed by atoms with E-state index in [2.05, 4.69) is 23.7 Å². The van der Waals surface area contributed by atoms with Crippen molar-refractivity contribution in [2.24, 2.45) is 0 Å². The van der Waals surface area contributed by atoms with Gasteiger partial charge in [0, 0.05) is 12.1 Å². The quantitative estimate of drug-likeness (QED) is 0.659. The van der Waals surface area contributed by atoms with Crippen molar-refractivity contribution >= 4 is 11.0 Å². The molecule has 130 valence electrons. The standard InChI is InChI=1S/C21H25N3O/c1-3-23(4-2)15-10-16-24-19-14-9-8-13-18(19)22-20(21(24)25)17-11-6-5-7-12-17/h5-9,11-14H,3-4,10,15-16H2,1-2H3. The maximum Gasteiger partial charge on any atom is 0.277 e. The van der Waals surface area contributed by atoms with Crippen molar-refractivity contribution in [3.63, 3.8) is 0 Å². The Morgan fingerprint density at radius 1 is 0.960 bits per heavy atom. The molecule has 0 bridgehead atoms. The average Bonchev–Trinajstić information content (AvgIpc) is 2.67. The first-order valence-electron chi connectivity index (χ1n) is 9.02. The van der Waals surface area contributed by atoms with Gasteiger partial charge >= 0.3 is 0 Å². The molecular weight excluding hydrogens is 310 g/mol. The van der Waals surface area contributed by atoms with Gasteiger partial charge in [-0.05, 0) is 38.2 Å². The van der Waals surface area contributed by atoms with Crippen LogP contribution < -0.4 is 5.56 Å². The molecule has 0 spiro atoms. The van der Waals surface area contributed by atoms with E-state index in [1.165, 1.54) is 0 Å². The highest BCUT2D eigenvalue weighted by Gasteiger charge is 2.12. The van der Waals surface area contributed by atoms with Crippen LogP contribution >= 0.6 is 0 Å². The number of para-hydroxylation sites is 2. The van der Waals surface area contributed by atoms with E-state index in [9.17, 15) is 4.79 Å². The van der Waals surface area contributed by atoms with Gasteiger partial charge in [-0.1, -0.05) is 56.3 Å². The highest BCUT2D eigenvalue weighted by Crippen LogP contribution is 2.17. The third kappa shape index (κ3) is 3.80. The molecule has 3 rings (SSSR count). The van der Waals surface area contributed by atoms with Crippen molar-refractivity contribution < 1.29 is 0 Å². The van der Waals surface area contributed by atoms with Gasteiger partial charge in [-0.15, -0.1) is 0 Å². The number of fused-ring (bicyclic) bond motifs is 1. The topological polar surface area (TPSA) is 38.1 Å². The van der Waals surface area contributed by atoms with Crippen molar-refractivity contribution in [2.75, 3.05) is 19.6 Å². The molecule has 0 aliphatic heterocycles. The van der Waals surface area contributed by atoms with E-state index in [4.69, 9.17) is 0 Å². The number of nitrogens with zero attached hydrogens (tertiary/aromatic N) is 3. The summed E-state index contributed by atoms with van der Waals surface area (Å²) in [7, 11) is 0. The lowest BCUT2D eigenvalue weighted by molar-refractivity contribution is 0.293. The van der Waals surface area contributed by atoms with E-state index in [-0.39, 0.29) is 5.56 Å². The molecule has 0 aliphatic rings. The van der Waals surface area contributed by atoms with Gasteiger partial charge in [0.05, 0.1) is 11.0 Å². The molecule has 0 saturated heterocycles. The molecule has 3 aromatic rings. The Balaban J connectivity index is 2.01. The fourth-order valence-corrected chi connectivity index (χ4v) is 3.19. The van der Waals surface area contributed by atoms with Crippen molar-refractivity contribution in [3.8, 4) is 11.3 Å². The molecule has 0 unspecified atom stereocenters. The number of hydrogen-bond acceptors (Lipinski definition) is 3. The molecule has 4 nitrogen and oxygen atoms in total. The number of aromatic nitrogens is 2. The third-order valence-electron chi connectivity index (χ3n) is 4.65. The summed E-state index contributed by atoms with van der Waals surface area (Å²) in [5, 5.41) is 0. The van der Waals surface area contributed by atoms with Crippen LogP contribution in [0, 0.1) is 0 Å². The molecule has 0 radical (unpaired) electrons. The summed E-state index contributed by atoms with van der Waals surface area (Å²) in [4.78, 5) is 20.1. The van der Waals surface area contributed by atoms with E-state index < -0.39 is 0 Å². The van der Waals surface area contributed by atoms with Crippen molar-refractivity contribution in [2.45, 2.75) is 26.8 Å². The Labute approximate surface area is 148 Å². The second kappa shape index (κ2) is 8.08. The van der Waals surface area contributed by atoms with Crippen LogP contribution in [0.1, 0.15) is 20.3 Å². The van der Waals surface area contributed by atoms with Crippen molar-refractivity contribution in [1.29, 1.82) is 0 Å². The zero-order valence-electron chi connectivity index (χ0n) is 15.0. The predicted molar refractivity (Wildman–Crippen MR) is 104 cm³/mol. The Morgan fingerprint density at radius 3 is 2.36 bits per heavy atom.